The zero-order valence-corrected chi connectivity index (χ0v) is 9.47. The van der Waals surface area contributed by atoms with Gasteiger partial charge in [-0.1, -0.05) is 6.07 Å². The van der Waals surface area contributed by atoms with Crippen molar-refractivity contribution < 1.29 is 4.74 Å². The average Bonchev–Trinajstić information content (AvgIpc) is 2.74. The lowest BCUT2D eigenvalue weighted by Crippen LogP contribution is -2.02. The molecule has 2 aromatic rings. The highest BCUT2D eigenvalue weighted by Crippen LogP contribution is 2.24. The monoisotopic (exact) mass is 217 g/mol. The van der Waals surface area contributed by atoms with E-state index in [-0.39, 0.29) is 0 Å². The Balaban J connectivity index is 2.53. The van der Waals surface area contributed by atoms with Crippen LogP contribution in [0.4, 0.5) is 0 Å². The summed E-state index contributed by atoms with van der Waals surface area (Å²) in [6, 6.07) is 5.95. The van der Waals surface area contributed by atoms with Crippen LogP contribution >= 0.6 is 0 Å². The molecule has 0 fully saturated rings. The van der Waals surface area contributed by atoms with Crippen LogP contribution in [-0.2, 0) is 6.54 Å². The zero-order chi connectivity index (χ0) is 11.5. The van der Waals surface area contributed by atoms with E-state index in [1.165, 1.54) is 0 Å². The van der Waals surface area contributed by atoms with Crippen LogP contribution in [0.3, 0.4) is 0 Å². The van der Waals surface area contributed by atoms with Gasteiger partial charge in [-0.15, -0.1) is 0 Å². The van der Waals surface area contributed by atoms with Gasteiger partial charge >= 0.3 is 0 Å². The van der Waals surface area contributed by atoms with Gasteiger partial charge in [0.05, 0.1) is 12.8 Å². The molecule has 0 aliphatic heterocycles. The van der Waals surface area contributed by atoms with E-state index in [2.05, 4.69) is 4.98 Å². The fourth-order valence-corrected chi connectivity index (χ4v) is 1.68. The third kappa shape index (κ3) is 1.79. The second-order valence-electron chi connectivity index (χ2n) is 3.55. The Bertz CT molecular complexity index is 491. The maximum absolute atomic E-state index is 5.60. The second kappa shape index (κ2) is 4.37. The zero-order valence-electron chi connectivity index (χ0n) is 9.47. The molecule has 0 radical (unpaired) electrons. The van der Waals surface area contributed by atoms with Crippen molar-refractivity contribution in [3.05, 3.63) is 42.0 Å². The summed E-state index contributed by atoms with van der Waals surface area (Å²) in [5.41, 5.74) is 7.63. The molecule has 0 saturated carbocycles. The standard InChI is InChI=1S/C12H15N3O/c1-9-14-5-6-15(9)11-4-3-10(8-13)7-12(11)16-2/h3-7H,8,13H2,1-2H3. The lowest BCUT2D eigenvalue weighted by atomic mass is 10.2. The van der Waals surface area contributed by atoms with Crippen LogP contribution in [0.2, 0.25) is 0 Å². The molecule has 2 N–H and O–H groups in total. The van der Waals surface area contributed by atoms with E-state index in [4.69, 9.17) is 10.5 Å². The number of aromatic nitrogens is 2. The highest BCUT2D eigenvalue weighted by molar-refractivity contribution is 5.49. The summed E-state index contributed by atoms with van der Waals surface area (Å²) in [5.74, 6) is 1.74. The Morgan fingerprint density at radius 1 is 1.44 bits per heavy atom. The number of rotatable bonds is 3. The van der Waals surface area contributed by atoms with Crippen LogP contribution in [0, 0.1) is 6.92 Å². The molecule has 4 nitrogen and oxygen atoms in total. The van der Waals surface area contributed by atoms with Gasteiger partial charge in [0, 0.05) is 18.9 Å². The maximum Gasteiger partial charge on any atom is 0.143 e. The van der Waals surface area contributed by atoms with Gasteiger partial charge < -0.3 is 15.0 Å². The smallest absolute Gasteiger partial charge is 0.143 e. The average molecular weight is 217 g/mol. The summed E-state index contributed by atoms with van der Waals surface area (Å²) in [6.45, 7) is 2.47. The molecule has 0 aliphatic carbocycles. The minimum Gasteiger partial charge on any atom is -0.495 e. The Kier molecular flexibility index (Phi) is 2.92. The third-order valence-electron chi connectivity index (χ3n) is 2.57. The van der Waals surface area contributed by atoms with E-state index in [0.29, 0.717) is 6.54 Å². The van der Waals surface area contributed by atoms with E-state index in [9.17, 15) is 0 Å². The normalized spacial score (nSPS) is 10.4. The van der Waals surface area contributed by atoms with E-state index in [1.807, 2.05) is 35.9 Å². The fourth-order valence-electron chi connectivity index (χ4n) is 1.68. The minimum atomic E-state index is 0.513. The summed E-state index contributed by atoms with van der Waals surface area (Å²) < 4.78 is 7.35. The van der Waals surface area contributed by atoms with Crippen molar-refractivity contribution in [1.29, 1.82) is 0 Å². The van der Waals surface area contributed by atoms with E-state index in [1.54, 1.807) is 13.3 Å². The van der Waals surface area contributed by atoms with Gasteiger partial charge in [0.1, 0.15) is 11.6 Å². The van der Waals surface area contributed by atoms with Crippen molar-refractivity contribution in [2.24, 2.45) is 5.73 Å². The number of ether oxygens (including phenoxy) is 1. The number of imidazole rings is 1. The molecule has 0 saturated heterocycles. The van der Waals surface area contributed by atoms with Crippen molar-refractivity contribution in [2.45, 2.75) is 13.5 Å². The first-order chi connectivity index (χ1) is 7.76. The van der Waals surface area contributed by atoms with Gasteiger partial charge in [-0.2, -0.15) is 0 Å². The van der Waals surface area contributed by atoms with Crippen molar-refractivity contribution >= 4 is 0 Å². The molecule has 0 spiro atoms. The first kappa shape index (κ1) is 10.7. The topological polar surface area (TPSA) is 53.1 Å². The third-order valence-corrected chi connectivity index (χ3v) is 2.57. The molecule has 0 bridgehead atoms. The molecule has 1 aromatic carbocycles. The van der Waals surface area contributed by atoms with Gasteiger partial charge in [0.2, 0.25) is 0 Å². The summed E-state index contributed by atoms with van der Waals surface area (Å²) in [4.78, 5) is 4.19. The van der Waals surface area contributed by atoms with Crippen molar-refractivity contribution in [3.8, 4) is 11.4 Å². The Labute approximate surface area is 94.7 Å². The first-order valence-electron chi connectivity index (χ1n) is 5.13. The maximum atomic E-state index is 5.60. The molecule has 16 heavy (non-hydrogen) atoms. The lowest BCUT2D eigenvalue weighted by Gasteiger charge is -2.11. The van der Waals surface area contributed by atoms with Gasteiger partial charge in [-0.3, -0.25) is 0 Å². The Hall–Kier alpha value is -1.81. The molecule has 1 heterocycles. The number of aryl methyl sites for hydroxylation is 1. The molecule has 0 unspecified atom stereocenters. The molecule has 0 atom stereocenters. The molecule has 1 aromatic heterocycles. The predicted molar refractivity (Wildman–Crippen MR) is 62.7 cm³/mol. The van der Waals surface area contributed by atoms with Crippen molar-refractivity contribution in [1.82, 2.24) is 9.55 Å². The van der Waals surface area contributed by atoms with Crippen LogP contribution in [0.25, 0.3) is 5.69 Å². The first-order valence-corrected chi connectivity index (χ1v) is 5.13. The molecular formula is C12H15N3O. The quantitative estimate of drug-likeness (QED) is 0.850. The van der Waals surface area contributed by atoms with Crippen molar-refractivity contribution in [2.75, 3.05) is 7.11 Å². The number of nitrogens with two attached hydrogens (primary N) is 1. The number of nitrogens with zero attached hydrogens (tertiary/aromatic N) is 2. The summed E-state index contributed by atoms with van der Waals surface area (Å²) in [6.07, 6.45) is 3.68. The molecule has 4 heteroatoms. The van der Waals surface area contributed by atoms with Crippen LogP contribution in [0.15, 0.2) is 30.6 Å². The van der Waals surface area contributed by atoms with E-state index in [0.717, 1.165) is 22.8 Å². The number of methoxy groups -OCH3 is 1. The Morgan fingerprint density at radius 3 is 2.81 bits per heavy atom. The summed E-state index contributed by atoms with van der Waals surface area (Å²) >= 11 is 0. The molecular weight excluding hydrogens is 202 g/mol. The van der Waals surface area contributed by atoms with Crippen LogP contribution < -0.4 is 10.5 Å². The summed E-state index contributed by atoms with van der Waals surface area (Å²) in [5, 5.41) is 0. The van der Waals surface area contributed by atoms with Crippen LogP contribution in [0.5, 0.6) is 5.75 Å². The summed E-state index contributed by atoms with van der Waals surface area (Å²) in [7, 11) is 1.66. The molecule has 2 rings (SSSR count). The van der Waals surface area contributed by atoms with Crippen LogP contribution in [-0.4, -0.2) is 16.7 Å². The van der Waals surface area contributed by atoms with Crippen LogP contribution in [0.1, 0.15) is 11.4 Å². The number of benzene rings is 1. The molecule has 0 aliphatic rings. The predicted octanol–water partition coefficient (Wildman–Crippen LogP) is 1.65. The highest BCUT2D eigenvalue weighted by Gasteiger charge is 2.07. The second-order valence-corrected chi connectivity index (χ2v) is 3.55. The van der Waals surface area contributed by atoms with Gasteiger partial charge in [0.25, 0.3) is 0 Å². The van der Waals surface area contributed by atoms with E-state index < -0.39 is 0 Å². The van der Waals surface area contributed by atoms with Crippen molar-refractivity contribution in [3.63, 3.8) is 0 Å². The largest absolute Gasteiger partial charge is 0.495 e. The van der Waals surface area contributed by atoms with Gasteiger partial charge in [0.15, 0.2) is 0 Å². The van der Waals surface area contributed by atoms with Gasteiger partial charge in [-0.25, -0.2) is 4.98 Å². The van der Waals surface area contributed by atoms with Gasteiger partial charge in [-0.05, 0) is 24.6 Å². The van der Waals surface area contributed by atoms with E-state index >= 15 is 0 Å². The number of hydrogen-bond donors (Lipinski definition) is 1. The molecule has 84 valence electrons. The highest BCUT2D eigenvalue weighted by atomic mass is 16.5. The number of hydrogen-bond acceptors (Lipinski definition) is 3. The minimum absolute atomic E-state index is 0.513. The molecule has 0 amide bonds. The lowest BCUT2D eigenvalue weighted by molar-refractivity contribution is 0.412. The Morgan fingerprint density at radius 2 is 2.25 bits per heavy atom. The fraction of sp³-hybridized carbons (Fsp3) is 0.250. The SMILES string of the molecule is COc1cc(CN)ccc1-n1ccnc1C.